The molecule has 0 radical (unpaired) electrons. The molecule has 0 saturated heterocycles. The molecule has 7 aromatic rings. The van der Waals surface area contributed by atoms with Crippen LogP contribution in [0.2, 0.25) is 0 Å². The van der Waals surface area contributed by atoms with Gasteiger partial charge in [-0.05, 0) is 60.4 Å². The fourth-order valence-electron chi connectivity index (χ4n) is 6.41. The van der Waals surface area contributed by atoms with E-state index in [1.807, 2.05) is 11.8 Å². The smallest absolute Gasteiger partial charge is 0.0851 e. The highest BCUT2D eigenvalue weighted by molar-refractivity contribution is 7.99. The Kier molecular flexibility index (Phi) is 4.59. The van der Waals surface area contributed by atoms with Crippen LogP contribution in [-0.2, 0) is 0 Å². The van der Waals surface area contributed by atoms with Crippen LogP contribution in [0, 0.1) is 0 Å². The maximum absolute atomic E-state index is 2.58. The largest absolute Gasteiger partial charge is 0.327 e. The van der Waals surface area contributed by atoms with Gasteiger partial charge in [0.1, 0.15) is 0 Å². The van der Waals surface area contributed by atoms with Crippen LogP contribution in [0.5, 0.6) is 0 Å². The number of hydrogen-bond donors (Lipinski definition) is 0. The summed E-state index contributed by atoms with van der Waals surface area (Å²) in [5, 5.41) is 5.68. The molecule has 0 spiro atoms. The summed E-state index contributed by atoms with van der Waals surface area (Å²) in [4.78, 5) is 1.40. The second kappa shape index (κ2) is 8.03. The molecule has 2 nitrogen and oxygen atoms in total. The number of fused-ring (bicyclic) bond motifs is 7. The van der Waals surface area contributed by atoms with Crippen LogP contribution in [0.4, 0.5) is 0 Å². The molecule has 8 rings (SSSR count). The summed E-state index contributed by atoms with van der Waals surface area (Å²) in [6.45, 7) is 2.40. The van der Waals surface area contributed by atoms with E-state index in [-0.39, 0.29) is 0 Å². The normalized spacial score (nSPS) is 17.6. The fraction of sp³-hybridized carbons (Fsp3) is 0.118. The van der Waals surface area contributed by atoms with Crippen LogP contribution >= 0.6 is 11.8 Å². The zero-order valence-electron chi connectivity index (χ0n) is 20.6. The fourth-order valence-corrected chi connectivity index (χ4v) is 7.97. The second-order valence-electron chi connectivity index (χ2n) is 10.2. The molecular formula is C34H26N2S. The van der Waals surface area contributed by atoms with E-state index < -0.39 is 0 Å². The van der Waals surface area contributed by atoms with Crippen molar-refractivity contribution in [2.75, 3.05) is 0 Å². The monoisotopic (exact) mass is 494 g/mol. The first-order valence-corrected chi connectivity index (χ1v) is 13.9. The van der Waals surface area contributed by atoms with E-state index in [1.165, 1.54) is 59.8 Å². The zero-order chi connectivity index (χ0) is 24.5. The molecule has 2 atom stereocenters. The number of hydrogen-bond acceptors (Lipinski definition) is 1. The summed E-state index contributed by atoms with van der Waals surface area (Å²) in [5.41, 5.74) is 7.91. The number of aromatic nitrogens is 2. The third-order valence-corrected chi connectivity index (χ3v) is 9.39. The highest BCUT2D eigenvalue weighted by Crippen LogP contribution is 2.50. The summed E-state index contributed by atoms with van der Waals surface area (Å²) >= 11 is 2.02. The first kappa shape index (κ1) is 21.2. The first-order valence-electron chi connectivity index (χ1n) is 13.0. The Hall–Kier alpha value is -3.95. The molecule has 5 aromatic carbocycles. The summed E-state index contributed by atoms with van der Waals surface area (Å²) in [7, 11) is 0. The van der Waals surface area contributed by atoms with Gasteiger partial charge in [-0.25, -0.2) is 0 Å². The zero-order valence-corrected chi connectivity index (χ0v) is 21.5. The second-order valence-corrected chi connectivity index (χ2v) is 11.4. The van der Waals surface area contributed by atoms with Gasteiger partial charge in [0, 0.05) is 32.1 Å². The van der Waals surface area contributed by atoms with Crippen molar-refractivity contribution >= 4 is 55.4 Å². The average molecular weight is 495 g/mol. The Balaban J connectivity index is 1.27. The van der Waals surface area contributed by atoms with E-state index in [4.69, 9.17) is 0 Å². The van der Waals surface area contributed by atoms with Crippen LogP contribution in [0.3, 0.4) is 0 Å². The molecule has 3 heterocycles. The highest BCUT2D eigenvalue weighted by atomic mass is 32.2. The Morgan fingerprint density at radius 1 is 0.595 bits per heavy atom. The van der Waals surface area contributed by atoms with Crippen LogP contribution in [-0.4, -0.2) is 9.13 Å². The Morgan fingerprint density at radius 3 is 1.65 bits per heavy atom. The van der Waals surface area contributed by atoms with Crippen molar-refractivity contribution in [1.29, 1.82) is 0 Å². The maximum atomic E-state index is 2.58. The molecule has 1 aliphatic heterocycles. The number of nitrogens with zero attached hydrogens (tertiary/aromatic N) is 2. The quantitative estimate of drug-likeness (QED) is 0.232. The molecule has 2 unspecified atom stereocenters. The van der Waals surface area contributed by atoms with Crippen LogP contribution in [0.1, 0.15) is 30.2 Å². The molecule has 0 amide bonds. The molecule has 2 aromatic heterocycles. The molecule has 3 heteroatoms. The van der Waals surface area contributed by atoms with Crippen LogP contribution in [0.15, 0.2) is 120 Å². The van der Waals surface area contributed by atoms with Crippen molar-refractivity contribution in [3.63, 3.8) is 0 Å². The number of rotatable bonds is 2. The van der Waals surface area contributed by atoms with E-state index in [9.17, 15) is 0 Å². The van der Waals surface area contributed by atoms with Gasteiger partial charge >= 0.3 is 0 Å². The van der Waals surface area contributed by atoms with Crippen molar-refractivity contribution < 1.29 is 0 Å². The minimum atomic E-state index is 0.367. The molecule has 0 bridgehead atoms. The molecule has 0 fully saturated rings. The molecule has 178 valence electrons. The van der Waals surface area contributed by atoms with Gasteiger partial charge in [0.15, 0.2) is 0 Å². The standard InChI is InChI=1S/C34H26N2S/c1-22-20-34(36-31-16-8-4-12-26(31)27-13-5-9-17-32(27)36)37-33-19-18-23(21-28(22)33)35-29-14-6-2-10-24(29)25-11-3-7-15-30(25)35/h2-19,21-22,34H,20H2,1H3. The predicted molar refractivity (Wildman–Crippen MR) is 158 cm³/mol. The lowest BCUT2D eigenvalue weighted by Gasteiger charge is -2.31. The lowest BCUT2D eigenvalue weighted by Crippen LogP contribution is -2.14. The van der Waals surface area contributed by atoms with Crippen LogP contribution in [0.25, 0.3) is 49.3 Å². The van der Waals surface area contributed by atoms with Gasteiger partial charge in [-0.2, -0.15) is 0 Å². The Labute approximate surface area is 220 Å². The Bertz CT molecular complexity index is 1870. The van der Waals surface area contributed by atoms with Gasteiger partial charge in [0.2, 0.25) is 0 Å². The molecule has 0 saturated carbocycles. The third kappa shape index (κ3) is 3.07. The van der Waals surface area contributed by atoms with Crippen LogP contribution < -0.4 is 0 Å². The van der Waals surface area contributed by atoms with E-state index in [0.717, 1.165) is 6.42 Å². The van der Waals surface area contributed by atoms with Gasteiger partial charge in [-0.1, -0.05) is 79.7 Å². The van der Waals surface area contributed by atoms with Gasteiger partial charge in [0.05, 0.1) is 27.4 Å². The highest BCUT2D eigenvalue weighted by Gasteiger charge is 2.29. The summed E-state index contributed by atoms with van der Waals surface area (Å²) < 4.78 is 5.01. The third-order valence-electron chi connectivity index (χ3n) is 8.09. The molecular weight excluding hydrogens is 468 g/mol. The van der Waals surface area contributed by atoms with Crippen molar-refractivity contribution in [3.8, 4) is 5.69 Å². The average Bonchev–Trinajstić information content (AvgIpc) is 3.46. The number of benzene rings is 5. The van der Waals surface area contributed by atoms with Crippen molar-refractivity contribution in [3.05, 3.63) is 121 Å². The summed E-state index contributed by atoms with van der Waals surface area (Å²) in [6, 6.07) is 42.4. The molecule has 37 heavy (non-hydrogen) atoms. The van der Waals surface area contributed by atoms with Crippen molar-refractivity contribution in [2.24, 2.45) is 0 Å². The van der Waals surface area contributed by atoms with Gasteiger partial charge in [0.25, 0.3) is 0 Å². The molecule has 1 aliphatic rings. The SMILES string of the molecule is CC1CC(n2c3ccccc3c3ccccc32)Sc2ccc(-n3c4ccccc4c4ccccc43)cc21. The lowest BCUT2D eigenvalue weighted by molar-refractivity contribution is 0.564. The first-order chi connectivity index (χ1) is 18.3. The van der Waals surface area contributed by atoms with Gasteiger partial charge < -0.3 is 9.13 Å². The van der Waals surface area contributed by atoms with Crippen molar-refractivity contribution in [2.45, 2.75) is 29.5 Å². The maximum Gasteiger partial charge on any atom is 0.0851 e. The number of para-hydroxylation sites is 4. The minimum Gasteiger partial charge on any atom is -0.327 e. The summed E-state index contributed by atoms with van der Waals surface area (Å²) in [6.07, 6.45) is 1.11. The lowest BCUT2D eigenvalue weighted by atomic mass is 9.96. The Morgan fingerprint density at radius 2 is 1.08 bits per heavy atom. The topological polar surface area (TPSA) is 9.86 Å². The molecule has 0 aliphatic carbocycles. The molecule has 0 N–H and O–H groups in total. The number of thioether (sulfide) groups is 1. The van der Waals surface area contributed by atoms with E-state index in [0.29, 0.717) is 11.3 Å². The van der Waals surface area contributed by atoms with E-state index >= 15 is 0 Å². The van der Waals surface area contributed by atoms with Gasteiger partial charge in [-0.15, -0.1) is 11.8 Å². The minimum absolute atomic E-state index is 0.367. The van der Waals surface area contributed by atoms with E-state index in [1.54, 1.807) is 0 Å². The predicted octanol–water partition coefficient (Wildman–Crippen LogP) is 9.69. The van der Waals surface area contributed by atoms with E-state index in [2.05, 4.69) is 131 Å². The van der Waals surface area contributed by atoms with Crippen molar-refractivity contribution in [1.82, 2.24) is 9.13 Å². The van der Waals surface area contributed by atoms with Gasteiger partial charge in [-0.3, -0.25) is 0 Å². The summed E-state index contributed by atoms with van der Waals surface area (Å²) in [5.74, 6) is 0.467.